The number of amides is 1. The van der Waals surface area contributed by atoms with Crippen molar-refractivity contribution in [2.45, 2.75) is 20.0 Å². The molecule has 156 valence electrons. The fourth-order valence-electron chi connectivity index (χ4n) is 3.44. The number of hydrogen-bond donors (Lipinski definition) is 1. The normalized spacial score (nSPS) is 10.7. The number of carbonyl (C=O) groups excluding carboxylic acids is 1. The molecule has 0 saturated carbocycles. The minimum Gasteiger partial charge on any atom is -0.494 e. The molecule has 1 amide bonds. The topological polar surface area (TPSA) is 75.3 Å². The molecule has 1 heterocycles. The number of carbonyl (C=O) groups is 1. The van der Waals surface area contributed by atoms with Crippen LogP contribution in [0, 0.1) is 0 Å². The molecule has 31 heavy (non-hydrogen) atoms. The lowest BCUT2D eigenvalue weighted by Gasteiger charge is -2.23. The Morgan fingerprint density at radius 3 is 2.39 bits per heavy atom. The monoisotopic (exact) mass is 413 g/mol. The quantitative estimate of drug-likeness (QED) is 0.494. The highest BCUT2D eigenvalue weighted by atomic mass is 16.5. The molecular formula is C25H23N3O3. The Balaban J connectivity index is 1.65. The molecule has 6 heteroatoms. The minimum atomic E-state index is -0.214. The van der Waals surface area contributed by atoms with Crippen molar-refractivity contribution in [1.82, 2.24) is 14.9 Å². The number of rotatable bonds is 7. The molecule has 3 aromatic carbocycles. The maximum atomic E-state index is 13.3. The van der Waals surface area contributed by atoms with Crippen molar-refractivity contribution in [2.24, 2.45) is 0 Å². The fraction of sp³-hybridized carbons (Fsp3) is 0.160. The Hall–Kier alpha value is -3.93. The third kappa shape index (κ3) is 4.80. The van der Waals surface area contributed by atoms with Crippen molar-refractivity contribution in [3.63, 3.8) is 0 Å². The SMILES string of the molecule is CCOc1ccc(C(=O)N(Cc2ccccc2)Cc2nc3ccccc3c(=O)[nH]2)cc1. The highest BCUT2D eigenvalue weighted by Gasteiger charge is 2.18. The highest BCUT2D eigenvalue weighted by Crippen LogP contribution is 2.17. The van der Waals surface area contributed by atoms with Gasteiger partial charge in [-0.15, -0.1) is 0 Å². The van der Waals surface area contributed by atoms with Gasteiger partial charge in [-0.05, 0) is 48.9 Å². The van der Waals surface area contributed by atoms with Crippen LogP contribution in [0.1, 0.15) is 28.7 Å². The molecule has 0 atom stereocenters. The number of para-hydroxylation sites is 1. The van der Waals surface area contributed by atoms with Crippen molar-refractivity contribution in [3.8, 4) is 5.75 Å². The first-order valence-electron chi connectivity index (χ1n) is 10.2. The van der Waals surface area contributed by atoms with Crippen LogP contribution in [-0.2, 0) is 13.1 Å². The van der Waals surface area contributed by atoms with Crippen LogP contribution >= 0.6 is 0 Å². The van der Waals surface area contributed by atoms with Crippen LogP contribution in [-0.4, -0.2) is 27.4 Å². The van der Waals surface area contributed by atoms with Gasteiger partial charge in [0.05, 0.1) is 24.1 Å². The standard InChI is InChI=1S/C25H23N3O3/c1-2-31-20-14-12-19(13-15-20)25(30)28(16-18-8-4-3-5-9-18)17-23-26-22-11-7-6-10-21(22)24(29)27-23/h3-15H,2,16-17H2,1H3,(H,26,27,29). The molecule has 4 aromatic rings. The summed E-state index contributed by atoms with van der Waals surface area (Å²) in [5.41, 5.74) is 1.93. The van der Waals surface area contributed by atoms with Gasteiger partial charge in [0.15, 0.2) is 0 Å². The maximum Gasteiger partial charge on any atom is 0.258 e. The van der Waals surface area contributed by atoms with Crippen molar-refractivity contribution in [2.75, 3.05) is 6.61 Å². The number of fused-ring (bicyclic) bond motifs is 1. The molecular weight excluding hydrogens is 390 g/mol. The van der Waals surface area contributed by atoms with E-state index in [-0.39, 0.29) is 18.0 Å². The van der Waals surface area contributed by atoms with Gasteiger partial charge >= 0.3 is 0 Å². The van der Waals surface area contributed by atoms with E-state index >= 15 is 0 Å². The first-order chi connectivity index (χ1) is 15.1. The third-order valence-corrected chi connectivity index (χ3v) is 4.92. The Morgan fingerprint density at radius 1 is 0.935 bits per heavy atom. The van der Waals surface area contributed by atoms with Crippen LogP contribution in [0.15, 0.2) is 83.7 Å². The van der Waals surface area contributed by atoms with E-state index in [1.807, 2.05) is 43.3 Å². The largest absolute Gasteiger partial charge is 0.494 e. The number of nitrogens with one attached hydrogen (secondary N) is 1. The van der Waals surface area contributed by atoms with Gasteiger partial charge in [-0.1, -0.05) is 42.5 Å². The first kappa shape index (κ1) is 20.3. The van der Waals surface area contributed by atoms with E-state index in [1.165, 1.54) is 0 Å². The summed E-state index contributed by atoms with van der Waals surface area (Å²) in [5, 5.41) is 0.527. The van der Waals surface area contributed by atoms with Crippen LogP contribution in [0.2, 0.25) is 0 Å². The smallest absolute Gasteiger partial charge is 0.258 e. The molecule has 1 aromatic heterocycles. The first-order valence-corrected chi connectivity index (χ1v) is 10.2. The second kappa shape index (κ2) is 9.26. The molecule has 6 nitrogen and oxygen atoms in total. The summed E-state index contributed by atoms with van der Waals surface area (Å²) in [6.45, 7) is 3.05. The number of nitrogens with zero attached hydrogens (tertiary/aromatic N) is 2. The fourth-order valence-corrected chi connectivity index (χ4v) is 3.44. The number of benzene rings is 3. The van der Waals surface area contributed by atoms with Gasteiger partial charge in [0.1, 0.15) is 11.6 Å². The zero-order chi connectivity index (χ0) is 21.6. The van der Waals surface area contributed by atoms with Gasteiger partial charge in [-0.2, -0.15) is 0 Å². The van der Waals surface area contributed by atoms with Gasteiger partial charge < -0.3 is 14.6 Å². The van der Waals surface area contributed by atoms with E-state index in [0.29, 0.717) is 41.2 Å². The second-order valence-corrected chi connectivity index (χ2v) is 7.13. The Morgan fingerprint density at radius 2 is 1.65 bits per heavy atom. The van der Waals surface area contributed by atoms with Gasteiger partial charge in [0.2, 0.25) is 0 Å². The van der Waals surface area contributed by atoms with E-state index in [0.717, 1.165) is 5.56 Å². The Kier molecular flexibility index (Phi) is 6.08. The lowest BCUT2D eigenvalue weighted by Crippen LogP contribution is -2.31. The molecule has 0 unspecified atom stereocenters. The number of H-pyrrole nitrogens is 1. The van der Waals surface area contributed by atoms with Gasteiger partial charge in [-0.3, -0.25) is 9.59 Å². The zero-order valence-electron chi connectivity index (χ0n) is 17.2. The molecule has 0 aliphatic heterocycles. The van der Waals surface area contributed by atoms with Crippen LogP contribution in [0.3, 0.4) is 0 Å². The molecule has 4 rings (SSSR count). The summed E-state index contributed by atoms with van der Waals surface area (Å²) in [4.78, 5) is 34.9. The summed E-state index contributed by atoms with van der Waals surface area (Å²) < 4.78 is 5.47. The number of ether oxygens (including phenoxy) is 1. The van der Waals surface area contributed by atoms with E-state index in [9.17, 15) is 9.59 Å². The molecule has 0 aliphatic carbocycles. The molecule has 0 saturated heterocycles. The van der Waals surface area contributed by atoms with Gasteiger partial charge in [-0.25, -0.2) is 4.98 Å². The summed E-state index contributed by atoms with van der Waals surface area (Å²) in [6.07, 6.45) is 0. The summed E-state index contributed by atoms with van der Waals surface area (Å²) in [6, 6.07) is 24.0. The van der Waals surface area contributed by atoms with E-state index in [4.69, 9.17) is 4.74 Å². The molecule has 1 N–H and O–H groups in total. The van der Waals surface area contributed by atoms with Crippen molar-refractivity contribution < 1.29 is 9.53 Å². The molecule has 0 aliphatic rings. The van der Waals surface area contributed by atoms with Crippen LogP contribution in [0.4, 0.5) is 0 Å². The summed E-state index contributed by atoms with van der Waals surface area (Å²) in [5.74, 6) is 1.01. The van der Waals surface area contributed by atoms with Crippen molar-refractivity contribution in [1.29, 1.82) is 0 Å². The minimum absolute atomic E-state index is 0.150. The van der Waals surface area contributed by atoms with Gasteiger partial charge in [0.25, 0.3) is 11.5 Å². The van der Waals surface area contributed by atoms with E-state index < -0.39 is 0 Å². The third-order valence-electron chi connectivity index (χ3n) is 4.92. The van der Waals surface area contributed by atoms with Crippen LogP contribution < -0.4 is 10.3 Å². The highest BCUT2D eigenvalue weighted by molar-refractivity contribution is 5.94. The number of aromatic amines is 1. The predicted octanol–water partition coefficient (Wildman–Crippen LogP) is 4.16. The average Bonchev–Trinajstić information content (AvgIpc) is 2.80. The van der Waals surface area contributed by atoms with E-state index in [1.54, 1.807) is 47.4 Å². The molecule has 0 fully saturated rings. The van der Waals surface area contributed by atoms with Crippen LogP contribution in [0.5, 0.6) is 5.75 Å². The summed E-state index contributed by atoms with van der Waals surface area (Å²) >= 11 is 0. The van der Waals surface area contributed by atoms with Crippen molar-refractivity contribution >= 4 is 16.8 Å². The average molecular weight is 413 g/mol. The van der Waals surface area contributed by atoms with Gasteiger partial charge in [0, 0.05) is 12.1 Å². The predicted molar refractivity (Wildman–Crippen MR) is 120 cm³/mol. The second-order valence-electron chi connectivity index (χ2n) is 7.13. The number of aromatic nitrogens is 2. The molecule has 0 radical (unpaired) electrons. The summed E-state index contributed by atoms with van der Waals surface area (Å²) in [7, 11) is 0. The molecule has 0 bridgehead atoms. The Bertz CT molecular complexity index is 1230. The number of hydrogen-bond acceptors (Lipinski definition) is 4. The maximum absolute atomic E-state index is 13.3. The van der Waals surface area contributed by atoms with Crippen molar-refractivity contribution in [3.05, 3.63) is 106 Å². The lowest BCUT2D eigenvalue weighted by atomic mass is 10.1. The van der Waals surface area contributed by atoms with Crippen LogP contribution in [0.25, 0.3) is 10.9 Å². The zero-order valence-corrected chi connectivity index (χ0v) is 17.2. The lowest BCUT2D eigenvalue weighted by molar-refractivity contribution is 0.0725. The van der Waals surface area contributed by atoms with E-state index in [2.05, 4.69) is 9.97 Å². The Labute approximate surface area is 180 Å². The molecule has 0 spiro atoms.